The molecule has 182 valence electrons. The maximum absolute atomic E-state index is 13.8. The van der Waals surface area contributed by atoms with Gasteiger partial charge >= 0.3 is 5.97 Å². The van der Waals surface area contributed by atoms with E-state index in [9.17, 15) is 14.0 Å². The minimum absolute atomic E-state index is 0.0366. The fraction of sp³-hybridized carbons (Fsp3) is 0.393. The Morgan fingerprint density at radius 1 is 1.11 bits per heavy atom. The van der Waals surface area contributed by atoms with E-state index in [0.717, 1.165) is 35.2 Å². The monoisotopic (exact) mass is 475 g/mol. The number of hydrogen-bond acceptors (Lipinski definition) is 4. The Balaban J connectivity index is 1.51. The lowest BCUT2D eigenvalue weighted by Crippen LogP contribution is -2.27. The molecule has 0 bridgehead atoms. The Kier molecular flexibility index (Phi) is 6.41. The van der Waals surface area contributed by atoms with Gasteiger partial charge in [-0.15, -0.1) is 0 Å². The van der Waals surface area contributed by atoms with Gasteiger partial charge in [0.05, 0.1) is 5.69 Å². The van der Waals surface area contributed by atoms with E-state index in [4.69, 9.17) is 9.72 Å². The van der Waals surface area contributed by atoms with Crippen molar-refractivity contribution in [3.63, 3.8) is 0 Å². The van der Waals surface area contributed by atoms with Crippen molar-refractivity contribution in [2.75, 3.05) is 0 Å². The third-order valence-electron chi connectivity index (χ3n) is 6.87. The zero-order chi connectivity index (χ0) is 24.5. The Morgan fingerprint density at radius 2 is 1.80 bits per heavy atom. The number of hydrogen-bond donors (Lipinski definition) is 0. The second kappa shape index (κ2) is 9.64. The Labute approximate surface area is 204 Å². The van der Waals surface area contributed by atoms with Crippen LogP contribution in [0.1, 0.15) is 72.8 Å². The average Bonchev–Trinajstić information content (AvgIpc) is 3.45. The lowest BCUT2D eigenvalue weighted by molar-refractivity contribution is -0.154. The van der Waals surface area contributed by atoms with Gasteiger partial charge in [-0.1, -0.05) is 38.1 Å². The highest BCUT2D eigenvalue weighted by molar-refractivity contribution is 5.95. The van der Waals surface area contributed by atoms with Gasteiger partial charge in [0.25, 0.3) is 5.91 Å². The number of ether oxygens (including phenoxy) is 1. The number of imidazole rings is 1. The summed E-state index contributed by atoms with van der Waals surface area (Å²) in [4.78, 5) is 32.2. The van der Waals surface area contributed by atoms with Crippen LogP contribution in [0, 0.1) is 5.82 Å². The Bertz CT molecular complexity index is 1220. The third-order valence-corrected chi connectivity index (χ3v) is 6.87. The predicted molar refractivity (Wildman–Crippen MR) is 130 cm³/mol. The van der Waals surface area contributed by atoms with Crippen molar-refractivity contribution in [3.8, 4) is 11.4 Å². The molecular formula is C28H30FN3O3. The second-order valence-corrected chi connectivity index (χ2v) is 9.71. The number of carbonyl (C=O) groups excluding carboxylic acids is 2. The summed E-state index contributed by atoms with van der Waals surface area (Å²) in [6.45, 7) is 5.78. The number of esters is 1. The molecule has 3 heterocycles. The van der Waals surface area contributed by atoms with Crippen LogP contribution in [0.25, 0.3) is 11.4 Å². The summed E-state index contributed by atoms with van der Waals surface area (Å²) in [5.41, 5.74) is 4.35. The minimum atomic E-state index is -0.323. The van der Waals surface area contributed by atoms with Gasteiger partial charge in [-0.3, -0.25) is 9.59 Å². The van der Waals surface area contributed by atoms with E-state index >= 15 is 0 Å². The summed E-state index contributed by atoms with van der Waals surface area (Å²) in [6.07, 6.45) is 2.62. The molecule has 3 aromatic rings. The molecule has 1 aromatic heterocycles. The number of amides is 1. The normalized spacial score (nSPS) is 17.5. The lowest BCUT2D eigenvalue weighted by Gasteiger charge is -2.24. The number of carbonyl (C=O) groups is 2. The zero-order valence-electron chi connectivity index (χ0n) is 20.2. The average molecular weight is 476 g/mol. The summed E-state index contributed by atoms with van der Waals surface area (Å²) in [7, 11) is 0. The van der Waals surface area contributed by atoms with Gasteiger partial charge in [0, 0.05) is 38.0 Å². The highest BCUT2D eigenvalue weighted by Crippen LogP contribution is 2.32. The molecule has 6 nitrogen and oxygen atoms in total. The first kappa shape index (κ1) is 23.3. The number of aromatic nitrogens is 2. The largest absolute Gasteiger partial charge is 0.462 e. The molecule has 0 saturated carbocycles. The summed E-state index contributed by atoms with van der Waals surface area (Å²) in [5, 5.41) is 0. The van der Waals surface area contributed by atoms with Gasteiger partial charge in [-0.2, -0.15) is 0 Å². The molecule has 1 fully saturated rings. The van der Waals surface area contributed by atoms with Crippen LogP contribution in [-0.2, 0) is 29.2 Å². The number of benzene rings is 2. The van der Waals surface area contributed by atoms with Crippen molar-refractivity contribution in [2.45, 2.75) is 71.2 Å². The van der Waals surface area contributed by atoms with Gasteiger partial charge in [-0.05, 0) is 54.2 Å². The highest BCUT2D eigenvalue weighted by Gasteiger charge is 2.31. The van der Waals surface area contributed by atoms with Crippen molar-refractivity contribution in [1.82, 2.24) is 14.5 Å². The van der Waals surface area contributed by atoms with Gasteiger partial charge in [-0.25, -0.2) is 9.37 Å². The van der Waals surface area contributed by atoms with Crippen molar-refractivity contribution in [3.05, 3.63) is 76.9 Å². The van der Waals surface area contributed by atoms with Gasteiger partial charge in [0.1, 0.15) is 17.7 Å². The summed E-state index contributed by atoms with van der Waals surface area (Å²) < 4.78 is 21.3. The molecule has 1 atom stereocenters. The summed E-state index contributed by atoms with van der Waals surface area (Å²) in [6, 6.07) is 14.3. The Morgan fingerprint density at radius 3 is 2.43 bits per heavy atom. The second-order valence-electron chi connectivity index (χ2n) is 9.71. The molecule has 0 spiro atoms. The fourth-order valence-electron chi connectivity index (χ4n) is 5.13. The number of halogens is 1. The van der Waals surface area contributed by atoms with Crippen LogP contribution in [0.5, 0.6) is 0 Å². The number of cyclic esters (lactones) is 1. The molecule has 7 heteroatoms. The van der Waals surface area contributed by atoms with E-state index in [1.807, 2.05) is 17.0 Å². The van der Waals surface area contributed by atoms with Crippen LogP contribution < -0.4 is 0 Å². The molecule has 1 amide bonds. The fourth-order valence-corrected chi connectivity index (χ4v) is 5.13. The molecule has 1 unspecified atom stereocenters. The van der Waals surface area contributed by atoms with Crippen molar-refractivity contribution in [1.29, 1.82) is 0 Å². The van der Waals surface area contributed by atoms with E-state index in [0.29, 0.717) is 44.0 Å². The molecule has 0 aliphatic carbocycles. The molecular weight excluding hydrogens is 445 g/mol. The molecule has 0 N–H and O–H groups in total. The first-order valence-electron chi connectivity index (χ1n) is 12.3. The smallest absolute Gasteiger partial charge is 0.306 e. The van der Waals surface area contributed by atoms with Crippen LogP contribution in [0.15, 0.2) is 48.5 Å². The number of fused-ring (bicyclic) bond motifs is 1. The van der Waals surface area contributed by atoms with Gasteiger partial charge in [0.2, 0.25) is 0 Å². The molecule has 0 radical (unpaired) electrons. The van der Waals surface area contributed by atoms with Crippen molar-refractivity contribution in [2.24, 2.45) is 0 Å². The van der Waals surface area contributed by atoms with Crippen LogP contribution >= 0.6 is 0 Å². The quantitative estimate of drug-likeness (QED) is 0.445. The first-order chi connectivity index (χ1) is 16.9. The van der Waals surface area contributed by atoms with E-state index < -0.39 is 0 Å². The Hall–Kier alpha value is -3.48. The van der Waals surface area contributed by atoms with Crippen LogP contribution in [0.4, 0.5) is 4.39 Å². The molecule has 2 aliphatic heterocycles. The van der Waals surface area contributed by atoms with E-state index in [-0.39, 0.29) is 29.7 Å². The SMILES string of the molecule is CC(C)c1c(C(=O)N2Cc3ccccc3C2)nc(-c2ccc(F)cc2)n1CCC1CCCC(=O)O1. The predicted octanol–water partition coefficient (Wildman–Crippen LogP) is 5.45. The minimum Gasteiger partial charge on any atom is -0.462 e. The first-order valence-corrected chi connectivity index (χ1v) is 12.3. The summed E-state index contributed by atoms with van der Waals surface area (Å²) in [5.74, 6) is 0.0944. The maximum atomic E-state index is 13.8. The number of rotatable bonds is 6. The van der Waals surface area contributed by atoms with Crippen molar-refractivity contribution >= 4 is 11.9 Å². The topological polar surface area (TPSA) is 64.4 Å². The molecule has 2 aromatic carbocycles. The molecule has 35 heavy (non-hydrogen) atoms. The highest BCUT2D eigenvalue weighted by atomic mass is 19.1. The van der Waals surface area contributed by atoms with Gasteiger partial charge in [0.15, 0.2) is 5.69 Å². The van der Waals surface area contributed by atoms with Crippen LogP contribution in [0.3, 0.4) is 0 Å². The molecule has 2 aliphatic rings. The third kappa shape index (κ3) is 4.72. The van der Waals surface area contributed by atoms with Crippen LogP contribution in [-0.4, -0.2) is 32.4 Å². The molecule has 1 saturated heterocycles. The number of nitrogens with zero attached hydrogens (tertiary/aromatic N) is 3. The van der Waals surface area contributed by atoms with Crippen molar-refractivity contribution < 1.29 is 18.7 Å². The lowest BCUT2D eigenvalue weighted by atomic mass is 10.0. The zero-order valence-corrected chi connectivity index (χ0v) is 20.2. The standard InChI is InChI=1S/C28H30FN3O3/c1-18(2)26-25(28(34)31-16-20-6-3-4-7-21(20)17-31)30-27(19-10-12-22(29)13-11-19)32(26)15-14-23-8-5-9-24(33)35-23/h3-4,6-7,10-13,18,23H,5,8-9,14-17H2,1-2H3. The summed E-state index contributed by atoms with van der Waals surface area (Å²) >= 11 is 0. The van der Waals surface area contributed by atoms with E-state index in [1.165, 1.54) is 12.1 Å². The van der Waals surface area contributed by atoms with E-state index in [1.54, 1.807) is 12.1 Å². The molecule has 5 rings (SSSR count). The van der Waals surface area contributed by atoms with E-state index in [2.05, 4.69) is 30.5 Å². The van der Waals surface area contributed by atoms with Gasteiger partial charge < -0.3 is 14.2 Å². The van der Waals surface area contributed by atoms with Crippen LogP contribution in [0.2, 0.25) is 0 Å². The maximum Gasteiger partial charge on any atom is 0.306 e.